The van der Waals surface area contributed by atoms with Crippen molar-refractivity contribution in [1.29, 1.82) is 0 Å². The Labute approximate surface area is 79.5 Å². The molecule has 14 heavy (non-hydrogen) atoms. The van der Waals surface area contributed by atoms with Gasteiger partial charge in [-0.15, -0.1) is 4.91 Å². The zero-order valence-corrected chi connectivity index (χ0v) is 7.80. The van der Waals surface area contributed by atoms with Gasteiger partial charge in [0, 0.05) is 10.9 Å². The van der Waals surface area contributed by atoms with Gasteiger partial charge in [-0.05, 0) is 31.2 Å². The smallest absolute Gasteiger partial charge is 0.159 e. The van der Waals surface area contributed by atoms with Crippen LogP contribution in [0, 0.1) is 24.6 Å². The van der Waals surface area contributed by atoms with Crippen molar-refractivity contribution in [1.82, 2.24) is 0 Å². The first kappa shape index (κ1) is 8.87. The van der Waals surface area contributed by atoms with Crippen LogP contribution in [0.2, 0.25) is 0 Å². The molecule has 0 aliphatic carbocycles. The van der Waals surface area contributed by atoms with Gasteiger partial charge in [0.05, 0.1) is 0 Å². The summed E-state index contributed by atoms with van der Waals surface area (Å²) in [5.74, 6) is 0.0763. The minimum absolute atomic E-state index is 0.171. The number of halogens is 1. The van der Waals surface area contributed by atoms with E-state index in [2.05, 4.69) is 5.18 Å². The molecule has 1 aromatic heterocycles. The number of rotatable bonds is 1. The van der Waals surface area contributed by atoms with Gasteiger partial charge in [0.1, 0.15) is 17.0 Å². The second kappa shape index (κ2) is 2.90. The maximum absolute atomic E-state index is 13.4. The van der Waals surface area contributed by atoms with Crippen LogP contribution < -0.4 is 0 Å². The number of hydrogen-bond acceptors (Lipinski definition) is 3. The summed E-state index contributed by atoms with van der Waals surface area (Å²) in [7, 11) is 0. The zero-order valence-electron chi connectivity index (χ0n) is 7.80. The van der Waals surface area contributed by atoms with Gasteiger partial charge < -0.3 is 4.42 Å². The van der Waals surface area contributed by atoms with Gasteiger partial charge >= 0.3 is 0 Å². The summed E-state index contributed by atoms with van der Waals surface area (Å²) in [5, 5.41) is 3.33. The maximum atomic E-state index is 13.4. The summed E-state index contributed by atoms with van der Waals surface area (Å²) in [5.41, 5.74) is 0.633. The van der Waals surface area contributed by atoms with Crippen LogP contribution in [0.15, 0.2) is 21.7 Å². The largest absolute Gasteiger partial charge is 0.461 e. The first-order chi connectivity index (χ1) is 6.63. The molecule has 0 fully saturated rings. The van der Waals surface area contributed by atoms with Gasteiger partial charge in [0.2, 0.25) is 0 Å². The second-order valence-corrected chi connectivity index (χ2v) is 3.20. The van der Waals surface area contributed by atoms with Gasteiger partial charge in [-0.3, -0.25) is 0 Å². The lowest BCUT2D eigenvalue weighted by Crippen LogP contribution is -1.83. The van der Waals surface area contributed by atoms with Crippen LogP contribution in [-0.4, -0.2) is 0 Å². The fourth-order valence-electron chi connectivity index (χ4n) is 1.50. The molecule has 3 nitrogen and oxygen atoms in total. The molecule has 0 unspecified atom stereocenters. The van der Waals surface area contributed by atoms with E-state index in [1.807, 2.05) is 0 Å². The first-order valence-electron chi connectivity index (χ1n) is 4.16. The van der Waals surface area contributed by atoms with E-state index >= 15 is 0 Å². The van der Waals surface area contributed by atoms with E-state index in [0.29, 0.717) is 22.3 Å². The Kier molecular flexibility index (Phi) is 1.84. The molecule has 1 heterocycles. The van der Waals surface area contributed by atoms with Gasteiger partial charge in [-0.2, -0.15) is 0 Å². The molecule has 0 atom stereocenters. The van der Waals surface area contributed by atoms with Crippen LogP contribution in [0.25, 0.3) is 11.0 Å². The molecule has 0 saturated carbocycles. The van der Waals surface area contributed by atoms with E-state index in [9.17, 15) is 9.30 Å². The van der Waals surface area contributed by atoms with E-state index in [1.165, 1.54) is 6.07 Å². The van der Waals surface area contributed by atoms with Crippen molar-refractivity contribution in [2.45, 2.75) is 13.8 Å². The van der Waals surface area contributed by atoms with E-state index in [0.717, 1.165) is 0 Å². The van der Waals surface area contributed by atoms with Crippen molar-refractivity contribution in [2.75, 3.05) is 0 Å². The highest BCUT2D eigenvalue weighted by Gasteiger charge is 2.13. The molecule has 0 saturated heterocycles. The number of nitroso groups, excluding NO2 is 1. The van der Waals surface area contributed by atoms with Crippen molar-refractivity contribution in [3.8, 4) is 0 Å². The van der Waals surface area contributed by atoms with Gasteiger partial charge in [-0.1, -0.05) is 0 Å². The molecule has 2 rings (SSSR count). The number of hydrogen-bond donors (Lipinski definition) is 0. The highest BCUT2D eigenvalue weighted by molar-refractivity contribution is 5.84. The Bertz CT molecular complexity index is 516. The number of fused-ring (bicyclic) bond motifs is 1. The summed E-state index contributed by atoms with van der Waals surface area (Å²) < 4.78 is 18.7. The summed E-state index contributed by atoms with van der Waals surface area (Å²) in [6.45, 7) is 3.33. The van der Waals surface area contributed by atoms with Crippen LogP contribution >= 0.6 is 0 Å². The Morgan fingerprint density at radius 3 is 2.71 bits per heavy atom. The molecule has 0 N–H and O–H groups in total. The second-order valence-electron chi connectivity index (χ2n) is 3.20. The molecule has 0 spiro atoms. The summed E-state index contributed by atoms with van der Waals surface area (Å²) in [4.78, 5) is 10.3. The van der Waals surface area contributed by atoms with E-state index in [1.54, 1.807) is 19.9 Å². The third kappa shape index (κ3) is 1.11. The van der Waals surface area contributed by atoms with E-state index in [-0.39, 0.29) is 5.69 Å². The van der Waals surface area contributed by atoms with Crippen LogP contribution in [0.3, 0.4) is 0 Å². The predicted octanol–water partition coefficient (Wildman–Crippen LogP) is 3.59. The lowest BCUT2D eigenvalue weighted by atomic mass is 10.1. The summed E-state index contributed by atoms with van der Waals surface area (Å²) in [6, 6.07) is 3.14. The fraction of sp³-hybridized carbons (Fsp3) is 0.200. The molecule has 72 valence electrons. The van der Waals surface area contributed by atoms with Crippen molar-refractivity contribution >= 4 is 16.7 Å². The average Bonchev–Trinajstić information content (AvgIpc) is 2.52. The molecule has 0 radical (unpaired) electrons. The van der Waals surface area contributed by atoms with E-state index in [4.69, 9.17) is 4.42 Å². The molecule has 0 aliphatic heterocycles. The number of furan rings is 1. The quantitative estimate of drug-likeness (QED) is 0.649. The third-order valence-corrected chi connectivity index (χ3v) is 2.17. The van der Waals surface area contributed by atoms with Gasteiger partial charge in [0.25, 0.3) is 0 Å². The van der Waals surface area contributed by atoms with Crippen molar-refractivity contribution in [2.24, 2.45) is 5.18 Å². The van der Waals surface area contributed by atoms with E-state index < -0.39 is 5.82 Å². The van der Waals surface area contributed by atoms with Crippen LogP contribution in [0.5, 0.6) is 0 Å². The minimum atomic E-state index is -0.609. The standard InChI is InChI=1S/C10H8FNO2/c1-5-3-7-4-8(12-13)9(11)6(2)10(7)14-5/h3-4H,1-2H3. The molecule has 0 amide bonds. The van der Waals surface area contributed by atoms with Crippen molar-refractivity contribution in [3.63, 3.8) is 0 Å². The SMILES string of the molecule is Cc1cc2cc(N=O)c(F)c(C)c2o1. The summed E-state index contributed by atoms with van der Waals surface area (Å²) >= 11 is 0. The van der Waals surface area contributed by atoms with Crippen molar-refractivity contribution < 1.29 is 8.81 Å². The Morgan fingerprint density at radius 2 is 2.07 bits per heavy atom. The Balaban J connectivity index is 2.90. The lowest BCUT2D eigenvalue weighted by Gasteiger charge is -1.98. The predicted molar refractivity (Wildman–Crippen MR) is 51.1 cm³/mol. The van der Waals surface area contributed by atoms with Crippen molar-refractivity contribution in [3.05, 3.63) is 34.2 Å². The fourth-order valence-corrected chi connectivity index (χ4v) is 1.50. The molecular formula is C10H8FNO2. The normalized spacial score (nSPS) is 10.8. The minimum Gasteiger partial charge on any atom is -0.461 e. The first-order valence-corrected chi connectivity index (χ1v) is 4.16. The number of nitrogens with zero attached hydrogens (tertiary/aromatic N) is 1. The topological polar surface area (TPSA) is 42.6 Å². The van der Waals surface area contributed by atoms with Crippen LogP contribution in [-0.2, 0) is 0 Å². The molecule has 1 aromatic carbocycles. The maximum Gasteiger partial charge on any atom is 0.159 e. The Morgan fingerprint density at radius 1 is 1.36 bits per heavy atom. The Hall–Kier alpha value is -1.71. The highest BCUT2D eigenvalue weighted by Crippen LogP contribution is 2.31. The van der Waals surface area contributed by atoms with Crippen LogP contribution in [0.4, 0.5) is 10.1 Å². The molecule has 4 heteroatoms. The zero-order chi connectivity index (χ0) is 10.3. The van der Waals surface area contributed by atoms with Gasteiger partial charge in [-0.25, -0.2) is 4.39 Å². The molecular weight excluding hydrogens is 185 g/mol. The molecule has 2 aromatic rings. The average molecular weight is 193 g/mol. The van der Waals surface area contributed by atoms with Gasteiger partial charge in [0.15, 0.2) is 5.82 Å². The van der Waals surface area contributed by atoms with Crippen LogP contribution in [0.1, 0.15) is 11.3 Å². The number of benzene rings is 1. The monoisotopic (exact) mass is 193 g/mol. The molecule has 0 aliphatic rings. The summed E-state index contributed by atoms with van der Waals surface area (Å²) in [6.07, 6.45) is 0. The third-order valence-electron chi connectivity index (χ3n) is 2.17. The number of aryl methyl sites for hydroxylation is 2. The lowest BCUT2D eigenvalue weighted by molar-refractivity contribution is 0.566. The molecule has 0 bridgehead atoms. The highest BCUT2D eigenvalue weighted by atomic mass is 19.1.